The van der Waals surface area contributed by atoms with Gasteiger partial charge in [0.05, 0.1) is 12.8 Å². The molecule has 0 aliphatic rings. The van der Waals surface area contributed by atoms with Gasteiger partial charge >= 0.3 is 12.0 Å². The molecule has 2 aromatic rings. The molecule has 9 nitrogen and oxygen atoms in total. The monoisotopic (exact) mass is 482 g/mol. The summed E-state index contributed by atoms with van der Waals surface area (Å²) in [6.45, 7) is 7.39. The molecule has 5 N–H and O–H groups in total. The van der Waals surface area contributed by atoms with Crippen LogP contribution >= 0.6 is 0 Å². The van der Waals surface area contributed by atoms with E-state index in [4.69, 9.17) is 5.11 Å². The van der Waals surface area contributed by atoms with Crippen molar-refractivity contribution in [3.8, 4) is 0 Å². The molecule has 0 saturated heterocycles. The topological polar surface area (TPSA) is 137 Å². The van der Waals surface area contributed by atoms with Crippen molar-refractivity contribution in [1.29, 1.82) is 0 Å². The maximum atomic E-state index is 12.6. The lowest BCUT2D eigenvalue weighted by molar-refractivity contribution is -0.138. The van der Waals surface area contributed by atoms with Crippen LogP contribution in [0.2, 0.25) is 0 Å². The molecule has 0 unspecified atom stereocenters. The minimum absolute atomic E-state index is 0.0578. The Bertz CT molecular complexity index is 1040. The zero-order valence-corrected chi connectivity index (χ0v) is 20.6. The van der Waals surface area contributed by atoms with Gasteiger partial charge in [-0.05, 0) is 55.5 Å². The maximum absolute atomic E-state index is 12.6. The quantitative estimate of drug-likeness (QED) is 0.333. The Balaban J connectivity index is 1.92. The average molecular weight is 483 g/mol. The molecular formula is C26H34N4O5. The predicted molar refractivity (Wildman–Crippen MR) is 135 cm³/mol. The third kappa shape index (κ3) is 9.87. The normalized spacial score (nSPS) is 12.4. The Morgan fingerprint density at radius 2 is 1.54 bits per heavy atom. The van der Waals surface area contributed by atoms with Crippen molar-refractivity contribution in [2.24, 2.45) is 5.92 Å². The highest BCUT2D eigenvalue weighted by Crippen LogP contribution is 2.15. The fraction of sp³-hybridized carbons (Fsp3) is 0.385. The summed E-state index contributed by atoms with van der Waals surface area (Å²) in [6, 6.07) is 12.6. The fourth-order valence-electron chi connectivity index (χ4n) is 3.49. The molecule has 0 radical (unpaired) electrons. The SMILES string of the molecule is Cc1ccccc1NC(=O)Nc1ccc(CC(=O)N[C@@H](CC(C)C)C(=O)N[C@H](C)CC(=O)O)cc1. The summed E-state index contributed by atoms with van der Waals surface area (Å²) in [6.07, 6.45) is 0.288. The molecular weight excluding hydrogens is 448 g/mol. The summed E-state index contributed by atoms with van der Waals surface area (Å²) in [5.74, 6) is -1.58. The highest BCUT2D eigenvalue weighted by molar-refractivity contribution is 6.00. The summed E-state index contributed by atoms with van der Waals surface area (Å²) in [4.78, 5) is 48.3. The van der Waals surface area contributed by atoms with Crippen LogP contribution in [0.3, 0.4) is 0 Å². The molecule has 0 bridgehead atoms. The molecule has 2 atom stereocenters. The number of urea groups is 1. The Morgan fingerprint density at radius 3 is 2.14 bits per heavy atom. The zero-order chi connectivity index (χ0) is 26.0. The van der Waals surface area contributed by atoms with Crippen molar-refractivity contribution < 1.29 is 24.3 Å². The number of anilines is 2. The molecule has 0 aromatic heterocycles. The molecule has 188 valence electrons. The number of hydrogen-bond acceptors (Lipinski definition) is 4. The van der Waals surface area contributed by atoms with E-state index in [1.165, 1.54) is 0 Å². The van der Waals surface area contributed by atoms with Crippen LogP contribution in [0.25, 0.3) is 0 Å². The first-order chi connectivity index (χ1) is 16.5. The summed E-state index contributed by atoms with van der Waals surface area (Å²) in [7, 11) is 0. The number of aliphatic carboxylic acids is 1. The first kappa shape index (κ1) is 27.4. The number of para-hydroxylation sites is 1. The molecule has 0 aliphatic carbocycles. The Kier molecular flexibility index (Phi) is 10.3. The molecule has 0 fully saturated rings. The Hall–Kier alpha value is -3.88. The van der Waals surface area contributed by atoms with E-state index in [-0.39, 0.29) is 30.7 Å². The lowest BCUT2D eigenvalue weighted by Crippen LogP contribution is -2.50. The summed E-state index contributed by atoms with van der Waals surface area (Å²) in [5, 5.41) is 19.8. The van der Waals surface area contributed by atoms with Crippen LogP contribution in [0.4, 0.5) is 16.2 Å². The number of carboxylic acids is 1. The van der Waals surface area contributed by atoms with Crippen molar-refractivity contribution in [2.75, 3.05) is 10.6 Å². The van der Waals surface area contributed by atoms with Gasteiger partial charge < -0.3 is 26.4 Å². The molecule has 35 heavy (non-hydrogen) atoms. The van der Waals surface area contributed by atoms with Crippen LogP contribution in [0.15, 0.2) is 48.5 Å². The van der Waals surface area contributed by atoms with Crippen LogP contribution in [0.5, 0.6) is 0 Å². The number of benzene rings is 2. The first-order valence-electron chi connectivity index (χ1n) is 11.6. The molecule has 0 heterocycles. The third-order valence-corrected chi connectivity index (χ3v) is 5.20. The second kappa shape index (κ2) is 13.1. The minimum Gasteiger partial charge on any atom is -0.481 e. The van der Waals surface area contributed by atoms with Gasteiger partial charge in [0.1, 0.15) is 6.04 Å². The largest absolute Gasteiger partial charge is 0.481 e. The standard InChI is InChI=1S/C26H34N4O5/c1-16(2)13-22(25(34)27-18(4)14-24(32)33)29-23(31)15-19-9-11-20(12-10-19)28-26(35)30-21-8-6-5-7-17(21)3/h5-12,16,18,22H,13-15H2,1-4H3,(H,27,34)(H,29,31)(H,32,33)(H2,28,30,35)/t18-,22+/m1/s1. The van der Waals surface area contributed by atoms with Crippen LogP contribution in [0, 0.1) is 12.8 Å². The van der Waals surface area contributed by atoms with Gasteiger partial charge in [-0.25, -0.2) is 4.79 Å². The van der Waals surface area contributed by atoms with Gasteiger partial charge in [-0.15, -0.1) is 0 Å². The molecule has 0 aliphatic heterocycles. The van der Waals surface area contributed by atoms with Gasteiger partial charge in [-0.3, -0.25) is 14.4 Å². The van der Waals surface area contributed by atoms with Gasteiger partial charge in [-0.2, -0.15) is 0 Å². The number of nitrogens with one attached hydrogen (secondary N) is 4. The molecule has 2 aromatic carbocycles. The molecule has 4 amide bonds. The molecule has 0 spiro atoms. The van der Waals surface area contributed by atoms with E-state index in [9.17, 15) is 19.2 Å². The van der Waals surface area contributed by atoms with E-state index in [2.05, 4.69) is 21.3 Å². The molecule has 2 rings (SSSR count). The number of amides is 4. The summed E-state index contributed by atoms with van der Waals surface area (Å²) < 4.78 is 0. The van der Waals surface area contributed by atoms with Crippen LogP contribution in [0.1, 0.15) is 44.7 Å². The maximum Gasteiger partial charge on any atom is 0.323 e. The lowest BCUT2D eigenvalue weighted by atomic mass is 10.0. The second-order valence-electron chi connectivity index (χ2n) is 9.02. The van der Waals surface area contributed by atoms with E-state index in [1.54, 1.807) is 31.2 Å². The highest BCUT2D eigenvalue weighted by atomic mass is 16.4. The van der Waals surface area contributed by atoms with E-state index in [0.717, 1.165) is 16.8 Å². The first-order valence-corrected chi connectivity index (χ1v) is 11.6. The number of carboxylic acid groups (broad SMARTS) is 1. The molecule has 0 saturated carbocycles. The van der Waals surface area contributed by atoms with Crippen molar-refractivity contribution in [1.82, 2.24) is 10.6 Å². The van der Waals surface area contributed by atoms with Crippen molar-refractivity contribution in [3.63, 3.8) is 0 Å². The molecule has 9 heteroatoms. The Morgan fingerprint density at radius 1 is 0.886 bits per heavy atom. The van der Waals surface area contributed by atoms with E-state index in [0.29, 0.717) is 12.1 Å². The average Bonchev–Trinajstić information content (AvgIpc) is 2.75. The van der Waals surface area contributed by atoms with Gasteiger partial charge in [0.2, 0.25) is 11.8 Å². The summed E-state index contributed by atoms with van der Waals surface area (Å²) >= 11 is 0. The summed E-state index contributed by atoms with van der Waals surface area (Å²) in [5.41, 5.74) is 2.96. The van der Waals surface area contributed by atoms with E-state index < -0.39 is 24.0 Å². The third-order valence-electron chi connectivity index (χ3n) is 5.20. The Labute approximate surface area is 205 Å². The number of carbonyl (C=O) groups is 4. The van der Waals surface area contributed by atoms with Crippen molar-refractivity contribution in [3.05, 3.63) is 59.7 Å². The smallest absolute Gasteiger partial charge is 0.323 e. The van der Waals surface area contributed by atoms with Gasteiger partial charge in [0.15, 0.2) is 0 Å². The minimum atomic E-state index is -1.01. The number of aryl methyl sites for hydroxylation is 1. The van der Waals surface area contributed by atoms with Gasteiger partial charge in [0, 0.05) is 17.4 Å². The lowest BCUT2D eigenvalue weighted by Gasteiger charge is -2.22. The van der Waals surface area contributed by atoms with Crippen LogP contribution in [-0.4, -0.2) is 41.0 Å². The fourth-order valence-corrected chi connectivity index (χ4v) is 3.49. The van der Waals surface area contributed by atoms with Crippen LogP contribution < -0.4 is 21.3 Å². The second-order valence-corrected chi connectivity index (χ2v) is 9.02. The van der Waals surface area contributed by atoms with Gasteiger partial charge in [0.25, 0.3) is 0 Å². The number of hydrogen-bond donors (Lipinski definition) is 5. The van der Waals surface area contributed by atoms with Gasteiger partial charge in [-0.1, -0.05) is 44.2 Å². The van der Waals surface area contributed by atoms with E-state index >= 15 is 0 Å². The number of rotatable bonds is 11. The van der Waals surface area contributed by atoms with Crippen molar-refractivity contribution >= 4 is 35.2 Å². The highest BCUT2D eigenvalue weighted by Gasteiger charge is 2.24. The number of carbonyl (C=O) groups excluding carboxylic acids is 3. The van der Waals surface area contributed by atoms with E-state index in [1.807, 2.05) is 45.0 Å². The van der Waals surface area contributed by atoms with Crippen molar-refractivity contribution in [2.45, 2.75) is 59.0 Å². The predicted octanol–water partition coefficient (Wildman–Crippen LogP) is 3.69. The van der Waals surface area contributed by atoms with Crippen LogP contribution in [-0.2, 0) is 20.8 Å². The zero-order valence-electron chi connectivity index (χ0n) is 20.6.